The average molecular weight is 472 g/mol. The van der Waals surface area contributed by atoms with Crippen molar-refractivity contribution in [3.05, 3.63) is 96.9 Å². The van der Waals surface area contributed by atoms with Crippen LogP contribution in [-0.2, 0) is 25.4 Å². The van der Waals surface area contributed by atoms with Crippen LogP contribution in [-0.4, -0.2) is 24.6 Å². The Bertz CT molecular complexity index is 1420. The lowest BCUT2D eigenvalue weighted by atomic mass is 9.98. The zero-order chi connectivity index (χ0) is 23.0. The molecule has 0 radical (unpaired) electrons. The molecule has 0 spiro atoms. The number of aryl methyl sites for hydroxylation is 1. The first kappa shape index (κ1) is 21.9. The molecule has 2 heterocycles. The Morgan fingerprint density at radius 3 is 2.25 bits per heavy atom. The van der Waals surface area contributed by atoms with Gasteiger partial charge < -0.3 is 5.32 Å². The third kappa shape index (κ3) is 3.94. The van der Waals surface area contributed by atoms with Crippen molar-refractivity contribution in [2.75, 3.05) is 0 Å². The molecular weight excluding hydrogens is 453 g/mol. The number of amides is 1. The first-order valence-electron chi connectivity index (χ1n) is 9.69. The summed E-state index contributed by atoms with van der Waals surface area (Å²) in [5.74, 6) is -0.383. The molecule has 0 aliphatic carbocycles. The van der Waals surface area contributed by atoms with Crippen LogP contribution in [0.4, 0.5) is 0 Å². The molecule has 0 saturated heterocycles. The number of hydrogen-bond donors (Lipinski definition) is 1. The van der Waals surface area contributed by atoms with Gasteiger partial charge in [0.2, 0.25) is 11.2 Å². The number of imidazole rings is 1. The van der Waals surface area contributed by atoms with Crippen molar-refractivity contribution in [2.24, 2.45) is 14.1 Å². The maximum Gasteiger partial charge on any atom is 0.332 e. The van der Waals surface area contributed by atoms with E-state index in [0.717, 1.165) is 15.7 Å². The Kier molecular flexibility index (Phi) is 5.90. The predicted octanol–water partition coefficient (Wildman–Crippen LogP) is 2.65. The molecule has 10 heteroatoms. The van der Waals surface area contributed by atoms with E-state index in [-0.39, 0.29) is 28.9 Å². The summed E-state index contributed by atoms with van der Waals surface area (Å²) in [4.78, 5) is 42.0. The van der Waals surface area contributed by atoms with Crippen LogP contribution in [0.1, 0.15) is 17.2 Å². The van der Waals surface area contributed by atoms with Crippen LogP contribution in [0.15, 0.2) is 64.2 Å². The van der Waals surface area contributed by atoms with Crippen molar-refractivity contribution in [1.29, 1.82) is 0 Å². The number of rotatable bonds is 5. The number of fused-ring (bicyclic) bond motifs is 1. The van der Waals surface area contributed by atoms with Gasteiger partial charge in [0.1, 0.15) is 6.54 Å². The Morgan fingerprint density at radius 2 is 1.59 bits per heavy atom. The number of carbonyl (C=O) groups excluding carboxylic acids is 1. The van der Waals surface area contributed by atoms with E-state index < -0.39 is 17.3 Å². The average Bonchev–Trinajstić information content (AvgIpc) is 3.12. The minimum Gasteiger partial charge on any atom is -0.344 e. The summed E-state index contributed by atoms with van der Waals surface area (Å²) < 4.78 is 3.48. The molecule has 0 fully saturated rings. The van der Waals surface area contributed by atoms with Gasteiger partial charge in [0.25, 0.3) is 5.56 Å². The van der Waals surface area contributed by atoms with Gasteiger partial charge in [-0.1, -0.05) is 54.1 Å². The predicted molar refractivity (Wildman–Crippen MR) is 123 cm³/mol. The maximum absolute atomic E-state index is 13.1. The van der Waals surface area contributed by atoms with E-state index in [4.69, 9.17) is 23.2 Å². The highest BCUT2D eigenvalue weighted by molar-refractivity contribution is 6.30. The zero-order valence-corrected chi connectivity index (χ0v) is 18.8. The van der Waals surface area contributed by atoms with Gasteiger partial charge in [0.15, 0.2) is 11.2 Å². The molecule has 0 aliphatic rings. The topological polar surface area (TPSA) is 90.9 Å². The van der Waals surface area contributed by atoms with E-state index in [9.17, 15) is 14.4 Å². The molecule has 4 rings (SSSR count). The first-order valence-corrected chi connectivity index (χ1v) is 10.4. The third-order valence-corrected chi connectivity index (χ3v) is 5.79. The van der Waals surface area contributed by atoms with Crippen molar-refractivity contribution < 1.29 is 4.79 Å². The van der Waals surface area contributed by atoms with Crippen molar-refractivity contribution >= 4 is 40.3 Å². The van der Waals surface area contributed by atoms with Crippen LogP contribution in [0, 0.1) is 0 Å². The zero-order valence-electron chi connectivity index (χ0n) is 17.3. The molecule has 4 aromatic rings. The summed E-state index contributed by atoms with van der Waals surface area (Å²) in [6, 6.07) is 16.2. The van der Waals surface area contributed by atoms with E-state index >= 15 is 0 Å². The van der Waals surface area contributed by atoms with Gasteiger partial charge in [-0.15, -0.1) is 0 Å². The van der Waals surface area contributed by atoms with Gasteiger partial charge in [-0.3, -0.25) is 23.3 Å². The fourth-order valence-corrected chi connectivity index (χ4v) is 3.92. The summed E-state index contributed by atoms with van der Waals surface area (Å²) in [6.07, 6.45) is 0. The third-order valence-electron chi connectivity index (χ3n) is 5.24. The number of hydrogen-bond acceptors (Lipinski definition) is 4. The number of carbonyl (C=O) groups is 1. The molecule has 0 aliphatic heterocycles. The number of nitrogens with zero attached hydrogens (tertiary/aromatic N) is 4. The SMILES string of the molecule is Cn1c(=O)c2c(nc(Cl)n2CC(=O)NC(c2ccccc2)c2ccc(Cl)cc2)n(C)c1=O. The van der Waals surface area contributed by atoms with Gasteiger partial charge in [-0.05, 0) is 34.9 Å². The summed E-state index contributed by atoms with van der Waals surface area (Å²) in [7, 11) is 2.85. The Hall–Kier alpha value is -3.36. The summed E-state index contributed by atoms with van der Waals surface area (Å²) in [6.45, 7) is -0.250. The second-order valence-electron chi connectivity index (χ2n) is 7.31. The fourth-order valence-electron chi connectivity index (χ4n) is 3.57. The number of nitrogens with one attached hydrogen (secondary N) is 1. The summed E-state index contributed by atoms with van der Waals surface area (Å²) in [5.41, 5.74) is 0.815. The number of halogens is 2. The quantitative estimate of drug-likeness (QED) is 0.453. The molecule has 2 aromatic heterocycles. The number of benzene rings is 2. The molecule has 0 bridgehead atoms. The van der Waals surface area contributed by atoms with Crippen LogP contribution in [0.5, 0.6) is 0 Å². The van der Waals surface area contributed by atoms with Crippen LogP contribution in [0.3, 0.4) is 0 Å². The minimum absolute atomic E-state index is 0.0591. The van der Waals surface area contributed by atoms with Crippen LogP contribution in [0.2, 0.25) is 10.3 Å². The van der Waals surface area contributed by atoms with Crippen molar-refractivity contribution in [1.82, 2.24) is 24.0 Å². The molecule has 1 atom stereocenters. The lowest BCUT2D eigenvalue weighted by Crippen LogP contribution is -2.38. The van der Waals surface area contributed by atoms with Gasteiger partial charge >= 0.3 is 5.69 Å². The first-order chi connectivity index (χ1) is 15.3. The molecule has 8 nitrogen and oxygen atoms in total. The standard InChI is InChI=1S/C22H19Cl2N5O3/c1-27-19-18(20(31)28(2)22(27)32)29(21(24)26-19)12-16(30)25-17(13-6-4-3-5-7-13)14-8-10-15(23)11-9-14/h3-11,17H,12H2,1-2H3,(H,25,30). The molecule has 32 heavy (non-hydrogen) atoms. The lowest BCUT2D eigenvalue weighted by Gasteiger charge is -2.20. The van der Waals surface area contributed by atoms with Gasteiger partial charge in [-0.2, -0.15) is 4.98 Å². The Balaban J connectivity index is 1.71. The molecular formula is C22H19Cl2N5O3. The second-order valence-corrected chi connectivity index (χ2v) is 8.08. The molecule has 1 amide bonds. The molecule has 1 N–H and O–H groups in total. The normalized spacial score (nSPS) is 12.1. The van der Waals surface area contributed by atoms with E-state index in [2.05, 4.69) is 10.3 Å². The highest BCUT2D eigenvalue weighted by atomic mass is 35.5. The fraction of sp³-hybridized carbons (Fsp3) is 0.182. The van der Waals surface area contributed by atoms with Gasteiger partial charge in [-0.25, -0.2) is 4.79 Å². The van der Waals surface area contributed by atoms with Crippen LogP contribution >= 0.6 is 23.2 Å². The highest BCUT2D eigenvalue weighted by Gasteiger charge is 2.22. The second kappa shape index (κ2) is 8.64. The molecule has 2 aromatic carbocycles. The van der Waals surface area contributed by atoms with E-state index in [1.165, 1.54) is 23.2 Å². The largest absolute Gasteiger partial charge is 0.344 e. The van der Waals surface area contributed by atoms with E-state index in [1.807, 2.05) is 42.5 Å². The molecule has 0 saturated carbocycles. The highest BCUT2D eigenvalue weighted by Crippen LogP contribution is 2.24. The molecule has 1 unspecified atom stereocenters. The van der Waals surface area contributed by atoms with E-state index in [0.29, 0.717) is 5.02 Å². The maximum atomic E-state index is 13.1. The Morgan fingerprint density at radius 1 is 0.969 bits per heavy atom. The smallest absolute Gasteiger partial charge is 0.332 e. The van der Waals surface area contributed by atoms with Crippen LogP contribution < -0.4 is 16.6 Å². The van der Waals surface area contributed by atoms with Crippen molar-refractivity contribution in [2.45, 2.75) is 12.6 Å². The summed E-state index contributed by atoms with van der Waals surface area (Å²) >= 11 is 12.3. The minimum atomic E-state index is -0.576. The Labute approximate surface area is 192 Å². The lowest BCUT2D eigenvalue weighted by molar-refractivity contribution is -0.122. The monoisotopic (exact) mass is 471 g/mol. The van der Waals surface area contributed by atoms with Gasteiger partial charge in [0.05, 0.1) is 6.04 Å². The van der Waals surface area contributed by atoms with E-state index in [1.54, 1.807) is 12.1 Å². The van der Waals surface area contributed by atoms with Gasteiger partial charge in [0, 0.05) is 19.1 Å². The van der Waals surface area contributed by atoms with Crippen molar-refractivity contribution in [3.8, 4) is 0 Å². The van der Waals surface area contributed by atoms with Crippen LogP contribution in [0.25, 0.3) is 11.2 Å². The number of aromatic nitrogens is 4. The van der Waals surface area contributed by atoms with Crippen molar-refractivity contribution in [3.63, 3.8) is 0 Å². The molecule has 164 valence electrons. The summed E-state index contributed by atoms with van der Waals surface area (Å²) in [5, 5.41) is 3.52.